The fourth-order valence-electron chi connectivity index (χ4n) is 3.39. The van der Waals surface area contributed by atoms with Crippen molar-refractivity contribution in [3.05, 3.63) is 0 Å². The van der Waals surface area contributed by atoms with Gasteiger partial charge in [0, 0.05) is 19.7 Å². The molecule has 0 spiro atoms. The third kappa shape index (κ3) is 17.3. The fourth-order valence-corrected chi connectivity index (χ4v) is 3.39. The molecular weight excluding hydrogens is 326 g/mol. The van der Waals surface area contributed by atoms with Gasteiger partial charge in [-0.25, -0.2) is 0 Å². The lowest BCUT2D eigenvalue weighted by Crippen LogP contribution is -2.39. The van der Waals surface area contributed by atoms with Crippen molar-refractivity contribution in [3.8, 4) is 0 Å². The van der Waals surface area contributed by atoms with Gasteiger partial charge in [0.2, 0.25) is 0 Å². The zero-order chi connectivity index (χ0) is 19.3. The van der Waals surface area contributed by atoms with Crippen LogP contribution in [0.1, 0.15) is 104 Å². The Labute approximate surface area is 163 Å². The molecule has 1 atom stereocenters. The molecule has 4 nitrogen and oxygen atoms in total. The monoisotopic (exact) mass is 373 g/mol. The van der Waals surface area contributed by atoms with Crippen LogP contribution in [0.25, 0.3) is 0 Å². The molecule has 0 rings (SSSR count). The zero-order valence-corrected chi connectivity index (χ0v) is 17.8. The van der Waals surface area contributed by atoms with Gasteiger partial charge in [0.25, 0.3) is 0 Å². The van der Waals surface area contributed by atoms with Crippen molar-refractivity contribution in [1.82, 2.24) is 4.90 Å². The van der Waals surface area contributed by atoms with Crippen LogP contribution in [0.4, 0.5) is 0 Å². The molecule has 0 fully saturated rings. The van der Waals surface area contributed by atoms with Gasteiger partial charge in [0.15, 0.2) is 0 Å². The van der Waals surface area contributed by atoms with E-state index in [4.69, 9.17) is 14.9 Å². The van der Waals surface area contributed by atoms with Crippen LogP contribution < -0.4 is 0 Å². The van der Waals surface area contributed by atoms with Crippen molar-refractivity contribution in [1.29, 1.82) is 0 Å². The van der Waals surface area contributed by atoms with E-state index in [1.165, 1.54) is 83.5 Å². The second kappa shape index (κ2) is 21.1. The summed E-state index contributed by atoms with van der Waals surface area (Å²) in [4.78, 5) is 1.98. The lowest BCUT2D eigenvalue weighted by molar-refractivity contribution is -0.0586. The number of unbranched alkanes of at least 4 members (excludes halogenated alkanes) is 13. The fraction of sp³-hybridized carbons (Fsp3) is 1.00. The molecule has 0 aromatic heterocycles. The number of hydrogen-bond acceptors (Lipinski definition) is 4. The highest BCUT2D eigenvalue weighted by atomic mass is 16.5. The first-order valence-corrected chi connectivity index (χ1v) is 11.3. The molecule has 1 unspecified atom stereocenters. The number of rotatable bonds is 21. The highest BCUT2D eigenvalue weighted by Crippen LogP contribution is 2.13. The first-order valence-electron chi connectivity index (χ1n) is 11.3. The van der Waals surface area contributed by atoms with E-state index in [1.807, 2.05) is 11.8 Å². The van der Waals surface area contributed by atoms with Crippen molar-refractivity contribution in [2.75, 3.05) is 32.9 Å². The van der Waals surface area contributed by atoms with E-state index in [2.05, 4.69) is 6.92 Å². The van der Waals surface area contributed by atoms with Gasteiger partial charge < -0.3 is 14.9 Å². The van der Waals surface area contributed by atoms with Crippen molar-refractivity contribution in [3.63, 3.8) is 0 Å². The topological polar surface area (TPSA) is 52.9 Å². The average molecular weight is 374 g/mol. The Morgan fingerprint density at radius 3 is 1.42 bits per heavy atom. The van der Waals surface area contributed by atoms with Crippen LogP contribution in [0.15, 0.2) is 0 Å². The second-order valence-corrected chi connectivity index (χ2v) is 7.55. The number of ether oxygens (including phenoxy) is 1. The Morgan fingerprint density at radius 1 is 0.654 bits per heavy atom. The molecule has 0 bridgehead atoms. The highest BCUT2D eigenvalue weighted by Gasteiger charge is 2.12. The van der Waals surface area contributed by atoms with Gasteiger partial charge in [-0.1, -0.05) is 90.4 Å². The summed E-state index contributed by atoms with van der Waals surface area (Å²) in [7, 11) is 0. The molecule has 26 heavy (non-hydrogen) atoms. The molecule has 0 heterocycles. The summed E-state index contributed by atoms with van der Waals surface area (Å²) < 4.78 is 5.82. The minimum Gasteiger partial charge on any atom is -0.395 e. The standard InChI is InChI=1S/C22H47NO3/c1-3-4-5-6-7-8-9-10-11-12-13-14-15-16-21-26-22(2)23(17-19-24)18-20-25/h22,24-25H,3-21H2,1-2H3. The van der Waals surface area contributed by atoms with E-state index < -0.39 is 0 Å². The average Bonchev–Trinajstić information content (AvgIpc) is 2.64. The predicted molar refractivity (Wildman–Crippen MR) is 111 cm³/mol. The summed E-state index contributed by atoms with van der Waals surface area (Å²) in [5, 5.41) is 18.1. The van der Waals surface area contributed by atoms with E-state index in [0.29, 0.717) is 13.1 Å². The Bertz CT molecular complexity index is 258. The maximum Gasteiger partial charge on any atom is 0.107 e. The first kappa shape index (κ1) is 25.8. The molecule has 0 aromatic rings. The van der Waals surface area contributed by atoms with Crippen LogP contribution in [0.5, 0.6) is 0 Å². The normalized spacial score (nSPS) is 12.8. The maximum absolute atomic E-state index is 9.04. The third-order valence-electron chi connectivity index (χ3n) is 5.15. The first-order chi connectivity index (χ1) is 12.8. The van der Waals surface area contributed by atoms with Gasteiger partial charge in [-0.05, 0) is 13.3 Å². The molecule has 4 heteroatoms. The Balaban J connectivity index is 3.28. The van der Waals surface area contributed by atoms with E-state index >= 15 is 0 Å². The van der Waals surface area contributed by atoms with Crippen LogP contribution >= 0.6 is 0 Å². The SMILES string of the molecule is CCCCCCCCCCCCCCCCOC(C)N(CCO)CCO. The summed E-state index contributed by atoms with van der Waals surface area (Å²) >= 11 is 0. The lowest BCUT2D eigenvalue weighted by atomic mass is 10.0. The molecule has 158 valence electrons. The molecule has 0 aliphatic heterocycles. The summed E-state index contributed by atoms with van der Waals surface area (Å²) in [6.07, 6.45) is 19.1. The lowest BCUT2D eigenvalue weighted by Gasteiger charge is -2.27. The van der Waals surface area contributed by atoms with Crippen LogP contribution in [-0.2, 0) is 4.74 Å². The van der Waals surface area contributed by atoms with Gasteiger partial charge in [0.1, 0.15) is 6.23 Å². The number of aliphatic hydroxyl groups excluding tert-OH is 2. The molecule has 0 saturated carbocycles. The van der Waals surface area contributed by atoms with Gasteiger partial charge in [-0.3, -0.25) is 4.90 Å². The smallest absolute Gasteiger partial charge is 0.107 e. The minimum absolute atomic E-state index is 0.0312. The molecule has 0 radical (unpaired) electrons. The van der Waals surface area contributed by atoms with E-state index in [9.17, 15) is 0 Å². The largest absolute Gasteiger partial charge is 0.395 e. The van der Waals surface area contributed by atoms with Crippen LogP contribution in [-0.4, -0.2) is 54.3 Å². The Kier molecular flexibility index (Phi) is 21.0. The molecule has 0 aromatic carbocycles. The van der Waals surface area contributed by atoms with Crippen molar-refractivity contribution in [2.45, 2.75) is 110 Å². The summed E-state index contributed by atoms with van der Waals surface area (Å²) in [5.74, 6) is 0. The molecule has 2 N–H and O–H groups in total. The quantitative estimate of drug-likeness (QED) is 0.217. The number of hydrogen-bond donors (Lipinski definition) is 2. The summed E-state index contributed by atoms with van der Waals surface area (Å²) in [5.41, 5.74) is 0. The molecule has 0 saturated heterocycles. The third-order valence-corrected chi connectivity index (χ3v) is 5.15. The number of aliphatic hydroxyl groups is 2. The van der Waals surface area contributed by atoms with Crippen LogP contribution in [0.3, 0.4) is 0 Å². The van der Waals surface area contributed by atoms with E-state index in [0.717, 1.165) is 13.0 Å². The van der Waals surface area contributed by atoms with Gasteiger partial charge >= 0.3 is 0 Å². The molecule has 0 aliphatic rings. The van der Waals surface area contributed by atoms with Crippen LogP contribution in [0, 0.1) is 0 Å². The molecule has 0 aliphatic carbocycles. The van der Waals surface area contributed by atoms with Crippen molar-refractivity contribution in [2.24, 2.45) is 0 Å². The van der Waals surface area contributed by atoms with Crippen molar-refractivity contribution >= 4 is 0 Å². The minimum atomic E-state index is -0.0312. The number of nitrogens with zero attached hydrogens (tertiary/aromatic N) is 1. The van der Waals surface area contributed by atoms with E-state index in [-0.39, 0.29) is 19.4 Å². The summed E-state index contributed by atoms with van der Waals surface area (Å²) in [6, 6.07) is 0. The highest BCUT2D eigenvalue weighted by molar-refractivity contribution is 4.58. The maximum atomic E-state index is 9.04. The summed E-state index contributed by atoms with van der Waals surface area (Å²) in [6.45, 7) is 6.36. The predicted octanol–water partition coefficient (Wildman–Crippen LogP) is 5.12. The van der Waals surface area contributed by atoms with Gasteiger partial charge in [0.05, 0.1) is 13.2 Å². The molecular formula is C22H47NO3. The Morgan fingerprint density at radius 2 is 1.04 bits per heavy atom. The zero-order valence-electron chi connectivity index (χ0n) is 17.8. The van der Waals surface area contributed by atoms with Crippen molar-refractivity contribution < 1.29 is 14.9 Å². The van der Waals surface area contributed by atoms with Gasteiger partial charge in [-0.2, -0.15) is 0 Å². The van der Waals surface area contributed by atoms with Crippen LogP contribution in [0.2, 0.25) is 0 Å². The van der Waals surface area contributed by atoms with E-state index in [1.54, 1.807) is 0 Å². The second-order valence-electron chi connectivity index (χ2n) is 7.55. The molecule has 0 amide bonds. The van der Waals surface area contributed by atoms with Gasteiger partial charge in [-0.15, -0.1) is 0 Å². The Hall–Kier alpha value is -0.160.